The predicted molar refractivity (Wildman–Crippen MR) is 60.9 cm³/mol. The topological polar surface area (TPSA) is 6.48 Å². The molecule has 1 rings (SSSR count). The normalized spacial score (nSPS) is 15.4. The number of unbranched alkanes of at least 4 members (excludes halogenated alkanes) is 1. The van der Waals surface area contributed by atoms with E-state index in [1.165, 1.54) is 19.4 Å². The molecule has 0 aliphatic carbocycles. The molecule has 1 aliphatic rings. The molecule has 89 valence electrons. The molecule has 0 aromatic heterocycles. The van der Waals surface area contributed by atoms with Crippen LogP contribution in [0, 0.1) is 0 Å². The molecule has 2 nitrogen and oxygen atoms in total. The van der Waals surface area contributed by atoms with Gasteiger partial charge in [0.1, 0.15) is 0 Å². The molecule has 0 saturated heterocycles. The summed E-state index contributed by atoms with van der Waals surface area (Å²) in [4.78, 5) is 4.53. The molecule has 0 spiro atoms. The van der Waals surface area contributed by atoms with Gasteiger partial charge >= 0.3 is 41.3 Å². The Bertz CT molecular complexity index is 164. The fraction of sp³-hybridized carbons (Fsp3) is 0.750. The second-order valence-electron chi connectivity index (χ2n) is 3.00. The van der Waals surface area contributed by atoms with Crippen molar-refractivity contribution in [2.75, 3.05) is 20.3 Å². The Labute approximate surface area is 103 Å². The van der Waals surface area contributed by atoms with E-state index in [9.17, 15) is 0 Å². The van der Waals surface area contributed by atoms with Gasteiger partial charge in [0.2, 0.25) is 0 Å². The first-order valence-electron chi connectivity index (χ1n) is 4.31. The van der Waals surface area contributed by atoms with E-state index < -0.39 is 10.7 Å². The van der Waals surface area contributed by atoms with E-state index >= 15 is 0 Å². The van der Waals surface area contributed by atoms with Gasteiger partial charge < -0.3 is 9.80 Å². The van der Waals surface area contributed by atoms with Gasteiger partial charge in [-0.2, -0.15) is 0 Å². The first-order chi connectivity index (χ1) is 6.56. The van der Waals surface area contributed by atoms with E-state index in [1.807, 2.05) is 0 Å². The summed E-state index contributed by atoms with van der Waals surface area (Å²) >= 11 is 0. The van der Waals surface area contributed by atoms with Gasteiger partial charge in [0.05, 0.1) is 6.67 Å². The van der Waals surface area contributed by atoms with Gasteiger partial charge in [-0.1, -0.05) is 13.3 Å². The molecule has 0 aromatic carbocycles. The van der Waals surface area contributed by atoms with Crippen molar-refractivity contribution in [2.24, 2.45) is 0 Å². The Morgan fingerprint density at radius 3 is 2.21 bits per heavy atom. The number of nitrogens with zero attached hydrogens (tertiary/aromatic N) is 2. The SMILES string of the molecule is CCCCN1C=CN(C)C1.[Cl][Ni]([Cl])[Cl]. The molecule has 0 atom stereocenters. The van der Waals surface area contributed by atoms with Crippen molar-refractivity contribution >= 4 is 30.6 Å². The molecule has 0 amide bonds. The quantitative estimate of drug-likeness (QED) is 0.736. The summed E-state index contributed by atoms with van der Waals surface area (Å²) in [5.74, 6) is 0. The average Bonchev–Trinajstić information content (AvgIpc) is 2.47. The van der Waals surface area contributed by atoms with E-state index in [0.29, 0.717) is 0 Å². The third-order valence-corrected chi connectivity index (χ3v) is 1.74. The Balaban J connectivity index is 0.000000364. The van der Waals surface area contributed by atoms with Crippen LogP contribution in [0.5, 0.6) is 0 Å². The Morgan fingerprint density at radius 1 is 1.29 bits per heavy atom. The molecule has 0 saturated carbocycles. The third-order valence-electron chi connectivity index (χ3n) is 1.74. The zero-order chi connectivity index (χ0) is 11.0. The molecule has 0 fully saturated rings. The zero-order valence-electron chi connectivity index (χ0n) is 8.33. The fourth-order valence-electron chi connectivity index (χ4n) is 1.10. The summed E-state index contributed by atoms with van der Waals surface area (Å²) in [5.41, 5.74) is 0. The maximum atomic E-state index is 4.85. The molecule has 1 heterocycles. The summed E-state index contributed by atoms with van der Waals surface area (Å²) in [6, 6.07) is 0. The van der Waals surface area contributed by atoms with Crippen molar-refractivity contribution in [3.8, 4) is 0 Å². The van der Waals surface area contributed by atoms with E-state index in [1.54, 1.807) is 0 Å². The van der Waals surface area contributed by atoms with Gasteiger partial charge in [0.25, 0.3) is 0 Å². The van der Waals surface area contributed by atoms with Crippen molar-refractivity contribution in [1.29, 1.82) is 0 Å². The molecule has 0 radical (unpaired) electrons. The molecular formula is C8H16Cl3N2Ni. The van der Waals surface area contributed by atoms with E-state index in [4.69, 9.17) is 30.6 Å². The minimum absolute atomic E-state index is 1.04. The third kappa shape index (κ3) is 9.27. The molecule has 0 N–H and O–H groups in total. The second kappa shape index (κ2) is 8.97. The van der Waals surface area contributed by atoms with Gasteiger partial charge in [-0.05, 0) is 6.42 Å². The molecule has 0 aromatic rings. The van der Waals surface area contributed by atoms with Crippen LogP contribution in [-0.4, -0.2) is 30.1 Å². The van der Waals surface area contributed by atoms with Crippen LogP contribution in [0.4, 0.5) is 0 Å². The van der Waals surface area contributed by atoms with Crippen molar-refractivity contribution in [1.82, 2.24) is 9.80 Å². The van der Waals surface area contributed by atoms with Crippen LogP contribution in [0.1, 0.15) is 19.8 Å². The Kier molecular flexibility index (Phi) is 9.42. The van der Waals surface area contributed by atoms with Crippen LogP contribution < -0.4 is 0 Å². The Morgan fingerprint density at radius 2 is 1.86 bits per heavy atom. The molecule has 6 heteroatoms. The second-order valence-corrected chi connectivity index (χ2v) is 7.89. The standard InChI is InChI=1S/C8H16N2.3ClH.Ni/c1-3-4-5-10-7-6-9(2)8-10;;;;/h6-7H,3-5,8H2,1-2H3;3*1H;/q;;;;+3/p-3. The van der Waals surface area contributed by atoms with E-state index in [2.05, 4.69) is 36.2 Å². The number of hydrogen-bond acceptors (Lipinski definition) is 2. The summed E-state index contributed by atoms with van der Waals surface area (Å²) in [7, 11) is 15.6. The van der Waals surface area contributed by atoms with Crippen LogP contribution in [0.2, 0.25) is 0 Å². The molecular weight excluding hydrogens is 289 g/mol. The predicted octanol–water partition coefficient (Wildman–Crippen LogP) is 3.53. The van der Waals surface area contributed by atoms with Crippen LogP contribution in [0.15, 0.2) is 12.4 Å². The number of rotatable bonds is 3. The van der Waals surface area contributed by atoms with Gasteiger partial charge in [-0.3, -0.25) is 0 Å². The fourth-order valence-corrected chi connectivity index (χ4v) is 1.10. The van der Waals surface area contributed by atoms with Crippen LogP contribution in [0.3, 0.4) is 0 Å². The number of halogens is 3. The summed E-state index contributed by atoms with van der Waals surface area (Å²) in [6.07, 6.45) is 6.87. The molecule has 1 aliphatic heterocycles. The van der Waals surface area contributed by atoms with E-state index in [0.717, 1.165) is 6.67 Å². The van der Waals surface area contributed by atoms with Crippen LogP contribution in [0.25, 0.3) is 0 Å². The average molecular weight is 305 g/mol. The summed E-state index contributed by atoms with van der Waals surface area (Å²) < 4.78 is 0. The van der Waals surface area contributed by atoms with Gasteiger partial charge in [-0.25, -0.2) is 0 Å². The van der Waals surface area contributed by atoms with Crippen LogP contribution >= 0.6 is 30.6 Å². The van der Waals surface area contributed by atoms with Gasteiger partial charge in [0.15, 0.2) is 0 Å². The Hall–Kier alpha value is 0.704. The molecule has 14 heavy (non-hydrogen) atoms. The van der Waals surface area contributed by atoms with Crippen molar-refractivity contribution in [2.45, 2.75) is 19.8 Å². The van der Waals surface area contributed by atoms with Crippen molar-refractivity contribution in [3.63, 3.8) is 0 Å². The number of hydrogen-bond donors (Lipinski definition) is 0. The first kappa shape index (κ1) is 14.7. The molecule has 0 bridgehead atoms. The van der Waals surface area contributed by atoms with Gasteiger partial charge in [0, 0.05) is 26.0 Å². The maximum absolute atomic E-state index is 4.85. The van der Waals surface area contributed by atoms with E-state index in [-0.39, 0.29) is 0 Å². The minimum atomic E-state index is -1.04. The van der Waals surface area contributed by atoms with Crippen molar-refractivity contribution < 1.29 is 10.7 Å². The first-order valence-corrected chi connectivity index (χ1v) is 8.39. The summed E-state index contributed by atoms with van der Waals surface area (Å²) in [6.45, 7) is 4.50. The molecule has 0 unspecified atom stereocenters. The van der Waals surface area contributed by atoms with Crippen molar-refractivity contribution in [3.05, 3.63) is 12.4 Å². The monoisotopic (exact) mass is 303 g/mol. The van der Waals surface area contributed by atoms with Crippen LogP contribution in [-0.2, 0) is 10.7 Å². The summed E-state index contributed by atoms with van der Waals surface area (Å²) in [5, 5.41) is 0. The van der Waals surface area contributed by atoms with Gasteiger partial charge in [-0.15, -0.1) is 0 Å². The zero-order valence-corrected chi connectivity index (χ0v) is 11.6.